The van der Waals surface area contributed by atoms with Gasteiger partial charge in [0.15, 0.2) is 0 Å². The van der Waals surface area contributed by atoms with Gasteiger partial charge < -0.3 is 5.32 Å². The summed E-state index contributed by atoms with van der Waals surface area (Å²) in [5, 5.41) is 2.66. The van der Waals surface area contributed by atoms with Crippen LogP contribution in [0, 0.1) is 13.8 Å². The number of nitrogens with two attached hydrogens (primary N) is 1. The van der Waals surface area contributed by atoms with Crippen molar-refractivity contribution in [3.05, 3.63) is 29.3 Å². The minimum absolute atomic E-state index is 0.274. The molecule has 0 aliphatic rings. The van der Waals surface area contributed by atoms with Gasteiger partial charge >= 0.3 is 0 Å². The molecule has 1 aromatic rings. The summed E-state index contributed by atoms with van der Waals surface area (Å²) < 4.78 is 0. The first kappa shape index (κ1) is 12.2. The van der Waals surface area contributed by atoms with E-state index in [2.05, 4.69) is 5.32 Å². The first-order chi connectivity index (χ1) is 7.52. The SMILES string of the molecule is Cc1ccc(C)c(NC(=O)CC(=O)NN)c1. The normalized spacial score (nSPS) is 9.69. The molecule has 5 nitrogen and oxygen atoms in total. The van der Waals surface area contributed by atoms with Gasteiger partial charge in [0.05, 0.1) is 0 Å². The summed E-state index contributed by atoms with van der Waals surface area (Å²) in [6.07, 6.45) is -0.274. The van der Waals surface area contributed by atoms with Crippen LogP contribution in [-0.4, -0.2) is 11.8 Å². The third kappa shape index (κ3) is 3.36. The van der Waals surface area contributed by atoms with Crippen molar-refractivity contribution in [2.75, 3.05) is 5.32 Å². The number of hydrazine groups is 1. The average Bonchev–Trinajstić information content (AvgIpc) is 2.23. The van der Waals surface area contributed by atoms with E-state index < -0.39 is 5.91 Å². The van der Waals surface area contributed by atoms with Crippen LogP contribution in [-0.2, 0) is 9.59 Å². The van der Waals surface area contributed by atoms with E-state index in [1.165, 1.54) is 0 Å². The number of benzene rings is 1. The maximum absolute atomic E-state index is 11.4. The molecular formula is C11H15N3O2. The lowest BCUT2D eigenvalue weighted by atomic mass is 10.1. The van der Waals surface area contributed by atoms with Crippen LogP contribution >= 0.6 is 0 Å². The Kier molecular flexibility index (Phi) is 4.02. The van der Waals surface area contributed by atoms with Gasteiger partial charge in [-0.2, -0.15) is 0 Å². The second-order valence-corrected chi connectivity index (χ2v) is 3.61. The Morgan fingerprint density at radius 3 is 2.56 bits per heavy atom. The van der Waals surface area contributed by atoms with Gasteiger partial charge in [0.25, 0.3) is 0 Å². The van der Waals surface area contributed by atoms with Crippen molar-refractivity contribution >= 4 is 17.5 Å². The molecule has 5 heteroatoms. The number of hydrogen-bond acceptors (Lipinski definition) is 3. The number of rotatable bonds is 3. The number of amides is 2. The van der Waals surface area contributed by atoms with E-state index >= 15 is 0 Å². The second-order valence-electron chi connectivity index (χ2n) is 3.61. The monoisotopic (exact) mass is 221 g/mol. The number of nitrogens with one attached hydrogen (secondary N) is 2. The summed E-state index contributed by atoms with van der Waals surface area (Å²) in [6, 6.07) is 5.72. The van der Waals surface area contributed by atoms with Gasteiger partial charge in [0.1, 0.15) is 6.42 Å². The lowest BCUT2D eigenvalue weighted by molar-refractivity contribution is -0.126. The molecule has 0 unspecified atom stereocenters. The van der Waals surface area contributed by atoms with Crippen LogP contribution in [0.25, 0.3) is 0 Å². The number of carbonyl (C=O) groups excluding carboxylic acids is 2. The quantitative estimate of drug-likeness (QED) is 0.303. The van der Waals surface area contributed by atoms with Crippen molar-refractivity contribution in [1.82, 2.24) is 5.43 Å². The Morgan fingerprint density at radius 1 is 1.25 bits per heavy atom. The molecule has 0 saturated heterocycles. The number of aryl methyl sites for hydroxylation is 2. The molecule has 0 fully saturated rings. The first-order valence-electron chi connectivity index (χ1n) is 4.89. The molecule has 0 aliphatic carbocycles. The summed E-state index contributed by atoms with van der Waals surface area (Å²) in [7, 11) is 0. The Labute approximate surface area is 94.0 Å². The zero-order valence-corrected chi connectivity index (χ0v) is 9.33. The van der Waals surface area contributed by atoms with Gasteiger partial charge in [0.2, 0.25) is 11.8 Å². The first-order valence-corrected chi connectivity index (χ1v) is 4.89. The van der Waals surface area contributed by atoms with Gasteiger partial charge in [-0.15, -0.1) is 0 Å². The minimum atomic E-state index is -0.511. The molecular weight excluding hydrogens is 206 g/mol. The molecule has 16 heavy (non-hydrogen) atoms. The fraction of sp³-hybridized carbons (Fsp3) is 0.273. The highest BCUT2D eigenvalue weighted by molar-refractivity contribution is 6.03. The molecule has 0 saturated carbocycles. The Hall–Kier alpha value is -1.88. The predicted octanol–water partition coefficient (Wildman–Crippen LogP) is 0.622. The highest BCUT2D eigenvalue weighted by Gasteiger charge is 2.09. The highest BCUT2D eigenvalue weighted by Crippen LogP contribution is 2.16. The Bertz CT molecular complexity index is 416. The number of hydrogen-bond donors (Lipinski definition) is 3. The van der Waals surface area contributed by atoms with Crippen LogP contribution in [0.1, 0.15) is 17.5 Å². The maximum atomic E-state index is 11.4. The molecule has 0 aliphatic heterocycles. The predicted molar refractivity (Wildman–Crippen MR) is 61.5 cm³/mol. The van der Waals surface area contributed by atoms with Crippen LogP contribution in [0.15, 0.2) is 18.2 Å². The molecule has 1 rings (SSSR count). The van der Waals surface area contributed by atoms with Crippen molar-refractivity contribution in [2.24, 2.45) is 5.84 Å². The van der Waals surface area contributed by atoms with Gasteiger partial charge in [-0.25, -0.2) is 5.84 Å². The lowest BCUT2D eigenvalue weighted by Crippen LogP contribution is -2.33. The summed E-state index contributed by atoms with van der Waals surface area (Å²) in [4.78, 5) is 22.3. The van der Waals surface area contributed by atoms with Crippen LogP contribution in [0.4, 0.5) is 5.69 Å². The van der Waals surface area contributed by atoms with E-state index in [0.717, 1.165) is 16.8 Å². The molecule has 0 bridgehead atoms. The molecule has 4 N–H and O–H groups in total. The lowest BCUT2D eigenvalue weighted by Gasteiger charge is -2.08. The largest absolute Gasteiger partial charge is 0.325 e. The van der Waals surface area contributed by atoms with E-state index in [1.807, 2.05) is 37.5 Å². The van der Waals surface area contributed by atoms with Gasteiger partial charge in [-0.05, 0) is 31.0 Å². The van der Waals surface area contributed by atoms with Gasteiger partial charge in [-0.3, -0.25) is 15.0 Å². The van der Waals surface area contributed by atoms with Gasteiger partial charge in [-0.1, -0.05) is 12.1 Å². The fourth-order valence-electron chi connectivity index (χ4n) is 1.26. The van der Waals surface area contributed by atoms with Gasteiger partial charge in [0, 0.05) is 5.69 Å². The topological polar surface area (TPSA) is 84.2 Å². The molecule has 0 aromatic heterocycles. The molecule has 0 radical (unpaired) electrons. The van der Waals surface area contributed by atoms with E-state index in [1.54, 1.807) is 0 Å². The van der Waals surface area contributed by atoms with E-state index in [0.29, 0.717) is 0 Å². The smallest absolute Gasteiger partial charge is 0.243 e. The summed E-state index contributed by atoms with van der Waals surface area (Å²) >= 11 is 0. The Morgan fingerprint density at radius 2 is 1.94 bits per heavy atom. The number of carbonyl (C=O) groups is 2. The van der Waals surface area contributed by atoms with Crippen LogP contribution in [0.2, 0.25) is 0 Å². The summed E-state index contributed by atoms with van der Waals surface area (Å²) in [6.45, 7) is 3.82. The van der Waals surface area contributed by atoms with Crippen molar-refractivity contribution in [1.29, 1.82) is 0 Å². The zero-order valence-electron chi connectivity index (χ0n) is 9.33. The van der Waals surface area contributed by atoms with E-state index in [4.69, 9.17) is 5.84 Å². The minimum Gasteiger partial charge on any atom is -0.325 e. The van der Waals surface area contributed by atoms with Crippen molar-refractivity contribution in [2.45, 2.75) is 20.3 Å². The average molecular weight is 221 g/mol. The molecule has 0 atom stereocenters. The molecule has 0 heterocycles. The molecule has 0 spiro atoms. The molecule has 1 aromatic carbocycles. The van der Waals surface area contributed by atoms with E-state index in [-0.39, 0.29) is 12.3 Å². The Balaban J connectivity index is 2.69. The molecule has 2 amide bonds. The summed E-state index contributed by atoms with van der Waals surface area (Å²) in [5.74, 6) is 4.00. The fourth-order valence-corrected chi connectivity index (χ4v) is 1.26. The van der Waals surface area contributed by atoms with Crippen molar-refractivity contribution < 1.29 is 9.59 Å². The van der Waals surface area contributed by atoms with E-state index in [9.17, 15) is 9.59 Å². The zero-order chi connectivity index (χ0) is 12.1. The standard InChI is InChI=1S/C11H15N3O2/c1-7-3-4-8(2)9(5-7)13-10(15)6-11(16)14-12/h3-5H,6,12H2,1-2H3,(H,13,15)(H,14,16). The summed E-state index contributed by atoms with van der Waals surface area (Å²) in [5.41, 5.74) is 4.62. The third-order valence-electron chi connectivity index (χ3n) is 2.15. The third-order valence-corrected chi connectivity index (χ3v) is 2.15. The van der Waals surface area contributed by atoms with Crippen LogP contribution < -0.4 is 16.6 Å². The second kappa shape index (κ2) is 5.27. The molecule has 86 valence electrons. The highest BCUT2D eigenvalue weighted by atomic mass is 16.2. The number of anilines is 1. The maximum Gasteiger partial charge on any atom is 0.243 e. The van der Waals surface area contributed by atoms with Crippen LogP contribution in [0.5, 0.6) is 0 Å². The van der Waals surface area contributed by atoms with Crippen molar-refractivity contribution in [3.8, 4) is 0 Å². The van der Waals surface area contributed by atoms with Crippen molar-refractivity contribution in [3.63, 3.8) is 0 Å². The van der Waals surface area contributed by atoms with Crippen LogP contribution in [0.3, 0.4) is 0 Å².